The van der Waals surface area contributed by atoms with Gasteiger partial charge in [0.25, 0.3) is 0 Å². The Labute approximate surface area is 59.8 Å². The summed E-state index contributed by atoms with van der Waals surface area (Å²) < 4.78 is 12.6. The van der Waals surface area contributed by atoms with E-state index in [0.717, 1.165) is 0 Å². The molecule has 0 bridgehead atoms. The molecule has 0 spiro atoms. The van der Waals surface area contributed by atoms with E-state index in [-0.39, 0.29) is 21.0 Å². The predicted molar refractivity (Wildman–Crippen MR) is 27.1 cm³/mol. The fourth-order valence-electron chi connectivity index (χ4n) is 0.743. The van der Waals surface area contributed by atoms with Crippen LogP contribution in [0.5, 0.6) is 0 Å². The zero-order chi connectivity index (χ0) is 5.98. The first-order chi connectivity index (χ1) is 3.83. The fraction of sp³-hybridized carbons (Fsp3) is 1.00. The van der Waals surface area contributed by atoms with Crippen LogP contribution in [0.25, 0.3) is 0 Å². The van der Waals surface area contributed by atoms with E-state index in [2.05, 4.69) is 5.32 Å². The number of rotatable bonds is 1. The van der Waals surface area contributed by atoms with Crippen LogP contribution >= 0.6 is 0 Å². The van der Waals surface area contributed by atoms with Crippen LogP contribution in [0.4, 0.5) is 4.39 Å². The van der Waals surface area contributed by atoms with E-state index in [4.69, 9.17) is 5.70 Å². The van der Waals surface area contributed by atoms with Crippen molar-refractivity contribution in [3.63, 3.8) is 0 Å². The molecule has 4 heteroatoms. The summed E-state index contributed by atoms with van der Waals surface area (Å²) in [5.41, 5.74) is 5.38. The van der Waals surface area contributed by atoms with Crippen molar-refractivity contribution in [3.8, 4) is 0 Å². The molecule has 0 aromatic rings. The van der Waals surface area contributed by atoms with E-state index in [1.165, 1.54) is 0 Å². The molecule has 2 radical (unpaired) electrons. The number of halogens is 2. The van der Waals surface area contributed by atoms with Gasteiger partial charge in [-0.05, 0) is 0 Å². The third-order valence-corrected chi connectivity index (χ3v) is 2.99. The molecule has 1 nitrogen and oxygen atoms in total. The summed E-state index contributed by atoms with van der Waals surface area (Å²) in [6.45, 7) is 0.515. The average Bonchev–Trinajstić information content (AvgIpc) is 2.14. The van der Waals surface area contributed by atoms with Crippen LogP contribution in [0.3, 0.4) is 0 Å². The van der Waals surface area contributed by atoms with E-state index in [1.807, 2.05) is 0 Å². The first kappa shape index (κ1) is 6.80. The van der Waals surface area contributed by atoms with Gasteiger partial charge in [-0.15, -0.1) is 0 Å². The molecule has 0 aromatic heterocycles. The van der Waals surface area contributed by atoms with Gasteiger partial charge in [-0.2, -0.15) is 0 Å². The monoisotopic (exact) mass is 226 g/mol. The standard InChI is InChI=1S/C4H7BFIN/c5-7-4-1-3(6)2-8-4/h3-4,8H,1-2H2/q-1/t3-,4+/m1/s1. The molecule has 0 amide bonds. The van der Waals surface area contributed by atoms with Crippen molar-refractivity contribution >= 4 is 5.70 Å². The molecular weight excluding hydrogens is 219 g/mol. The Morgan fingerprint density at radius 2 is 2.50 bits per heavy atom. The Morgan fingerprint density at radius 1 is 1.75 bits per heavy atom. The number of nitrogens with one attached hydrogen (secondary N) is 1. The molecule has 0 aliphatic carbocycles. The Hall–Kier alpha value is 0.685. The summed E-state index contributed by atoms with van der Waals surface area (Å²) in [5, 5.41) is 3.00. The second kappa shape index (κ2) is 3.01. The van der Waals surface area contributed by atoms with Crippen LogP contribution < -0.4 is 26.3 Å². The van der Waals surface area contributed by atoms with Gasteiger partial charge in [-0.25, -0.2) is 0 Å². The van der Waals surface area contributed by atoms with E-state index in [9.17, 15) is 4.39 Å². The van der Waals surface area contributed by atoms with Gasteiger partial charge in [-0.3, -0.25) is 0 Å². The van der Waals surface area contributed by atoms with Crippen molar-refractivity contribution in [3.05, 3.63) is 0 Å². The Balaban J connectivity index is 2.22. The van der Waals surface area contributed by atoms with Gasteiger partial charge >= 0.3 is 59.6 Å². The van der Waals surface area contributed by atoms with E-state index in [0.29, 0.717) is 17.0 Å². The summed E-state index contributed by atoms with van der Waals surface area (Å²) in [5.74, 6) is 0. The third-order valence-electron chi connectivity index (χ3n) is 1.18. The maximum atomic E-state index is 12.3. The first-order valence-corrected chi connectivity index (χ1v) is 5.01. The number of hydrogen-bond donors (Lipinski definition) is 1. The van der Waals surface area contributed by atoms with Crippen molar-refractivity contribution in [2.45, 2.75) is 16.6 Å². The SMILES string of the molecule is [B][I-][C@@H]1C[C@@H](F)CN1. The van der Waals surface area contributed by atoms with Crippen LogP contribution in [0.2, 0.25) is 0 Å². The van der Waals surface area contributed by atoms with Crippen molar-refractivity contribution in [1.29, 1.82) is 0 Å². The van der Waals surface area contributed by atoms with Crippen molar-refractivity contribution in [2.75, 3.05) is 6.54 Å². The molecule has 1 aliphatic rings. The van der Waals surface area contributed by atoms with Crippen molar-refractivity contribution in [2.24, 2.45) is 0 Å². The maximum absolute atomic E-state index is 12.3. The molecular formula is C4H7BFIN-. The quantitative estimate of drug-likeness (QED) is 0.215. The second-order valence-electron chi connectivity index (χ2n) is 1.83. The molecule has 1 rings (SSSR count). The van der Waals surface area contributed by atoms with E-state index in [1.54, 1.807) is 0 Å². The summed E-state index contributed by atoms with van der Waals surface area (Å²) >= 11 is -0.274. The molecule has 2 atom stereocenters. The number of hydrogen-bond acceptors (Lipinski definition) is 1. The van der Waals surface area contributed by atoms with E-state index >= 15 is 0 Å². The van der Waals surface area contributed by atoms with Crippen LogP contribution in [0.15, 0.2) is 0 Å². The number of alkyl halides is 2. The molecule has 1 aliphatic heterocycles. The average molecular weight is 226 g/mol. The summed E-state index contributed by atoms with van der Waals surface area (Å²) in [7, 11) is 0. The molecule has 0 aromatic carbocycles. The normalized spacial score (nSPS) is 38.6. The summed E-state index contributed by atoms with van der Waals surface area (Å²) in [6.07, 6.45) is 0.00676. The van der Waals surface area contributed by atoms with Crippen molar-refractivity contribution < 1.29 is 25.4 Å². The second-order valence-corrected chi connectivity index (χ2v) is 4.06. The van der Waals surface area contributed by atoms with Gasteiger partial charge in [0.2, 0.25) is 0 Å². The Morgan fingerprint density at radius 3 is 2.75 bits per heavy atom. The van der Waals surface area contributed by atoms with E-state index < -0.39 is 6.17 Å². The first-order valence-electron chi connectivity index (χ1n) is 2.52. The van der Waals surface area contributed by atoms with Gasteiger partial charge in [0.15, 0.2) is 0 Å². The Bertz CT molecular complexity index is 82.4. The van der Waals surface area contributed by atoms with Gasteiger partial charge in [0.1, 0.15) is 0 Å². The summed E-state index contributed by atoms with van der Waals surface area (Å²) in [4.78, 5) is 0. The van der Waals surface area contributed by atoms with Crippen LogP contribution in [-0.2, 0) is 0 Å². The Kier molecular flexibility index (Phi) is 2.56. The molecule has 1 saturated heterocycles. The molecule has 8 heavy (non-hydrogen) atoms. The predicted octanol–water partition coefficient (Wildman–Crippen LogP) is -3.18. The van der Waals surface area contributed by atoms with Gasteiger partial charge in [0, 0.05) is 0 Å². The minimum absolute atomic E-state index is 0.274. The van der Waals surface area contributed by atoms with Gasteiger partial charge in [0.05, 0.1) is 0 Å². The third kappa shape index (κ3) is 1.58. The summed E-state index contributed by atoms with van der Waals surface area (Å²) in [6, 6.07) is 0. The molecule has 1 heterocycles. The van der Waals surface area contributed by atoms with Crippen LogP contribution in [0, 0.1) is 0 Å². The van der Waals surface area contributed by atoms with Crippen molar-refractivity contribution in [1.82, 2.24) is 5.32 Å². The molecule has 0 unspecified atom stereocenters. The van der Waals surface area contributed by atoms with Gasteiger partial charge < -0.3 is 0 Å². The zero-order valence-corrected chi connectivity index (χ0v) is 6.56. The molecule has 46 valence electrons. The molecule has 1 N–H and O–H groups in total. The van der Waals surface area contributed by atoms with Crippen LogP contribution in [0.1, 0.15) is 6.42 Å². The molecule has 1 fully saturated rings. The van der Waals surface area contributed by atoms with Gasteiger partial charge in [-0.1, -0.05) is 0 Å². The minimum atomic E-state index is -0.636. The molecule has 0 saturated carbocycles. The van der Waals surface area contributed by atoms with Crippen LogP contribution in [-0.4, -0.2) is 22.5 Å². The zero-order valence-electron chi connectivity index (χ0n) is 4.40. The fourth-order valence-corrected chi connectivity index (χ4v) is 2.10. The topological polar surface area (TPSA) is 12.0 Å².